The Kier molecular flexibility index (Phi) is 5.60. The third-order valence-electron chi connectivity index (χ3n) is 4.20. The number of oxime groups is 1. The molecule has 1 aliphatic heterocycles. The monoisotopic (exact) mass is 270 g/mol. The van der Waals surface area contributed by atoms with Crippen molar-refractivity contribution in [2.75, 3.05) is 19.6 Å². The van der Waals surface area contributed by atoms with Gasteiger partial charge in [0.25, 0.3) is 0 Å². The molecule has 6 heteroatoms. The first-order valence-corrected chi connectivity index (χ1v) is 6.96. The van der Waals surface area contributed by atoms with Crippen molar-refractivity contribution in [2.45, 2.75) is 46.1 Å². The normalized spacial score (nSPS) is 21.9. The zero-order valence-electron chi connectivity index (χ0n) is 12.1. The van der Waals surface area contributed by atoms with E-state index in [0.717, 1.165) is 13.1 Å². The van der Waals surface area contributed by atoms with E-state index in [1.165, 1.54) is 12.8 Å². The summed E-state index contributed by atoms with van der Waals surface area (Å²) in [6, 6.07) is 0.319. The van der Waals surface area contributed by atoms with Crippen molar-refractivity contribution in [3.63, 3.8) is 0 Å². The number of carbonyl (C=O) groups is 1. The average Bonchev–Trinajstić information content (AvgIpc) is 2.96. The Morgan fingerprint density at radius 1 is 1.53 bits per heavy atom. The minimum Gasteiger partial charge on any atom is -0.409 e. The molecule has 0 aromatic carbocycles. The van der Waals surface area contributed by atoms with Crippen molar-refractivity contribution in [1.29, 1.82) is 0 Å². The first-order valence-electron chi connectivity index (χ1n) is 6.96. The lowest BCUT2D eigenvalue weighted by atomic mass is 9.85. The lowest BCUT2D eigenvalue weighted by Gasteiger charge is -2.28. The maximum Gasteiger partial charge on any atom is 0.233 e. The van der Waals surface area contributed by atoms with Crippen molar-refractivity contribution < 1.29 is 10.0 Å². The maximum absolute atomic E-state index is 12.2. The molecule has 0 aliphatic carbocycles. The summed E-state index contributed by atoms with van der Waals surface area (Å²) in [5, 5.41) is 14.7. The van der Waals surface area contributed by atoms with Crippen molar-refractivity contribution in [1.82, 2.24) is 10.2 Å². The highest BCUT2D eigenvalue weighted by atomic mass is 16.4. The quantitative estimate of drug-likeness (QED) is 0.287. The minimum absolute atomic E-state index is 0.0404. The molecule has 0 saturated carbocycles. The molecule has 0 radical (unpaired) electrons. The molecule has 0 bridgehead atoms. The predicted molar refractivity (Wildman–Crippen MR) is 75.1 cm³/mol. The second-order valence-electron chi connectivity index (χ2n) is 5.47. The van der Waals surface area contributed by atoms with Crippen molar-refractivity contribution in [3.8, 4) is 0 Å². The third kappa shape index (κ3) is 3.59. The average molecular weight is 270 g/mol. The molecule has 19 heavy (non-hydrogen) atoms. The number of rotatable bonds is 6. The minimum atomic E-state index is -0.945. The van der Waals surface area contributed by atoms with Crippen LogP contribution in [0.5, 0.6) is 0 Å². The van der Waals surface area contributed by atoms with Crippen LogP contribution in [0.1, 0.15) is 40.0 Å². The molecule has 1 heterocycles. The first kappa shape index (κ1) is 15.8. The maximum atomic E-state index is 12.2. The Hall–Kier alpha value is -1.30. The van der Waals surface area contributed by atoms with Gasteiger partial charge in [-0.3, -0.25) is 9.69 Å². The molecule has 1 aliphatic rings. The molecule has 1 saturated heterocycles. The number of amidine groups is 1. The van der Waals surface area contributed by atoms with E-state index in [0.29, 0.717) is 19.0 Å². The standard InChI is InChI=1S/C13H26N4O2/c1-4-13(3,11(14)16-19)12(18)15-9-10(2)17-7-5-6-8-17/h10,19H,4-9H2,1-3H3,(H2,14,16)(H,15,18). The van der Waals surface area contributed by atoms with Crippen molar-refractivity contribution >= 4 is 11.7 Å². The van der Waals surface area contributed by atoms with Gasteiger partial charge in [0.2, 0.25) is 5.91 Å². The van der Waals surface area contributed by atoms with Gasteiger partial charge >= 0.3 is 0 Å². The Morgan fingerprint density at radius 2 is 2.11 bits per heavy atom. The largest absolute Gasteiger partial charge is 0.409 e. The number of nitrogens with one attached hydrogen (secondary N) is 1. The van der Waals surface area contributed by atoms with Gasteiger partial charge in [0.15, 0.2) is 5.84 Å². The van der Waals surface area contributed by atoms with Gasteiger partial charge in [-0.15, -0.1) is 0 Å². The fourth-order valence-electron chi connectivity index (χ4n) is 2.32. The van der Waals surface area contributed by atoms with Crippen LogP contribution < -0.4 is 11.1 Å². The summed E-state index contributed by atoms with van der Waals surface area (Å²) in [6.07, 6.45) is 2.96. The van der Waals surface area contributed by atoms with Crippen LogP contribution in [0.25, 0.3) is 0 Å². The second kappa shape index (κ2) is 6.75. The van der Waals surface area contributed by atoms with E-state index in [9.17, 15) is 4.79 Å². The number of hydrogen-bond acceptors (Lipinski definition) is 4. The van der Waals surface area contributed by atoms with Crippen LogP contribution in [0.4, 0.5) is 0 Å². The van der Waals surface area contributed by atoms with Crippen LogP contribution >= 0.6 is 0 Å². The SMILES string of the molecule is CCC(C)(C(=O)NCC(C)N1CCCC1)C(N)=NO. The molecule has 0 aromatic rings. The Labute approximate surface area is 115 Å². The molecule has 4 N–H and O–H groups in total. The highest BCUT2D eigenvalue weighted by molar-refractivity contribution is 6.06. The number of hydrogen-bond donors (Lipinski definition) is 3. The molecule has 1 rings (SSSR count). The van der Waals surface area contributed by atoms with Gasteiger partial charge in [-0.2, -0.15) is 0 Å². The number of nitrogens with zero attached hydrogens (tertiary/aromatic N) is 2. The number of carbonyl (C=O) groups excluding carboxylic acids is 1. The van der Waals surface area contributed by atoms with Crippen LogP contribution in [0.2, 0.25) is 0 Å². The van der Waals surface area contributed by atoms with Gasteiger partial charge in [-0.05, 0) is 46.2 Å². The molecule has 2 unspecified atom stereocenters. The zero-order valence-corrected chi connectivity index (χ0v) is 12.1. The third-order valence-corrected chi connectivity index (χ3v) is 4.20. The second-order valence-corrected chi connectivity index (χ2v) is 5.47. The number of nitrogens with two attached hydrogens (primary N) is 1. The summed E-state index contributed by atoms with van der Waals surface area (Å²) in [4.78, 5) is 14.6. The van der Waals surface area contributed by atoms with E-state index in [4.69, 9.17) is 10.9 Å². The molecule has 1 amide bonds. The zero-order chi connectivity index (χ0) is 14.5. The molecule has 1 fully saturated rings. The van der Waals surface area contributed by atoms with Crippen LogP contribution in [0, 0.1) is 5.41 Å². The summed E-state index contributed by atoms with van der Waals surface area (Å²) in [7, 11) is 0. The summed E-state index contributed by atoms with van der Waals surface area (Å²) in [6.45, 7) is 8.44. The van der Waals surface area contributed by atoms with Crippen LogP contribution in [0.3, 0.4) is 0 Å². The van der Waals surface area contributed by atoms with Gasteiger partial charge in [-0.1, -0.05) is 12.1 Å². The number of amides is 1. The van der Waals surface area contributed by atoms with E-state index in [1.54, 1.807) is 6.92 Å². The Bertz CT molecular complexity index is 340. The van der Waals surface area contributed by atoms with Gasteiger partial charge in [0.05, 0.1) is 0 Å². The van der Waals surface area contributed by atoms with Gasteiger partial charge < -0.3 is 16.3 Å². The smallest absolute Gasteiger partial charge is 0.233 e. The van der Waals surface area contributed by atoms with E-state index >= 15 is 0 Å². The summed E-state index contributed by atoms with van der Waals surface area (Å²) < 4.78 is 0. The van der Waals surface area contributed by atoms with E-state index in [2.05, 4.69) is 22.3 Å². The predicted octanol–water partition coefficient (Wildman–Crippen LogP) is 0.750. The molecule has 6 nitrogen and oxygen atoms in total. The fourth-order valence-corrected chi connectivity index (χ4v) is 2.32. The van der Waals surface area contributed by atoms with Crippen LogP contribution in [0.15, 0.2) is 5.16 Å². The lowest BCUT2D eigenvalue weighted by molar-refractivity contribution is -0.127. The summed E-state index contributed by atoms with van der Waals surface area (Å²) in [5.41, 5.74) is 4.68. The Morgan fingerprint density at radius 3 is 2.58 bits per heavy atom. The van der Waals surface area contributed by atoms with E-state index < -0.39 is 5.41 Å². The van der Waals surface area contributed by atoms with E-state index in [-0.39, 0.29) is 11.7 Å². The number of likely N-dealkylation sites (tertiary alicyclic amines) is 1. The van der Waals surface area contributed by atoms with Gasteiger partial charge in [-0.25, -0.2) is 0 Å². The molecule has 110 valence electrons. The molecule has 0 spiro atoms. The van der Waals surface area contributed by atoms with Crippen LogP contribution in [-0.2, 0) is 4.79 Å². The Balaban J connectivity index is 2.53. The molecule has 0 aromatic heterocycles. The molecular weight excluding hydrogens is 244 g/mol. The summed E-state index contributed by atoms with van der Waals surface area (Å²) >= 11 is 0. The fraction of sp³-hybridized carbons (Fsp3) is 0.846. The summed E-state index contributed by atoms with van der Waals surface area (Å²) in [5.74, 6) is -0.224. The van der Waals surface area contributed by atoms with Crippen LogP contribution in [-0.4, -0.2) is 47.5 Å². The van der Waals surface area contributed by atoms with Gasteiger partial charge in [0.1, 0.15) is 5.41 Å². The van der Waals surface area contributed by atoms with Gasteiger partial charge in [0, 0.05) is 12.6 Å². The highest BCUT2D eigenvalue weighted by Gasteiger charge is 2.36. The molecular formula is C13H26N4O2. The highest BCUT2D eigenvalue weighted by Crippen LogP contribution is 2.21. The van der Waals surface area contributed by atoms with Crippen molar-refractivity contribution in [2.24, 2.45) is 16.3 Å². The van der Waals surface area contributed by atoms with Crippen molar-refractivity contribution in [3.05, 3.63) is 0 Å². The van der Waals surface area contributed by atoms with E-state index in [1.807, 2.05) is 6.92 Å². The lowest BCUT2D eigenvalue weighted by Crippen LogP contribution is -2.50. The topological polar surface area (TPSA) is 91.0 Å². The first-order chi connectivity index (χ1) is 8.95. The molecule has 2 atom stereocenters.